The van der Waals surface area contributed by atoms with E-state index in [-0.39, 0.29) is 5.69 Å². The van der Waals surface area contributed by atoms with Crippen molar-refractivity contribution in [2.24, 2.45) is 0 Å². The molecule has 90 valence electrons. The molecule has 1 aromatic heterocycles. The Bertz CT molecular complexity index is 567. The van der Waals surface area contributed by atoms with Crippen molar-refractivity contribution in [3.63, 3.8) is 0 Å². The average molecular weight is 234 g/mol. The Kier molecular flexibility index (Phi) is 2.53. The second-order valence-electron chi connectivity index (χ2n) is 4.79. The molecule has 0 radical (unpaired) electrons. The highest BCUT2D eigenvalue weighted by molar-refractivity contribution is 6.02. The van der Waals surface area contributed by atoms with Gasteiger partial charge in [0.25, 0.3) is 0 Å². The zero-order chi connectivity index (χ0) is 12.6. The number of hydrogen-bond donors (Lipinski definition) is 1. The summed E-state index contributed by atoms with van der Waals surface area (Å²) in [5.74, 6) is -0.512. The number of fused-ring (bicyclic) bond motifs is 1. The normalized spacial score (nSPS) is 11.7. The highest BCUT2D eigenvalue weighted by atomic mass is 16.6. The van der Waals surface area contributed by atoms with Crippen molar-refractivity contribution in [1.29, 1.82) is 0 Å². The van der Waals surface area contributed by atoms with E-state index in [1.54, 1.807) is 39.0 Å². The fraction of sp³-hybridized carbons (Fsp3) is 0.333. The largest absolute Gasteiger partial charge is 0.455 e. The van der Waals surface area contributed by atoms with Crippen LogP contribution in [0.5, 0.6) is 0 Å². The fourth-order valence-corrected chi connectivity index (χ4v) is 1.43. The monoisotopic (exact) mass is 234 g/mol. The molecule has 0 atom stereocenters. The van der Waals surface area contributed by atoms with Gasteiger partial charge in [0.15, 0.2) is 11.3 Å². The lowest BCUT2D eigenvalue weighted by Crippen LogP contribution is -2.24. The lowest BCUT2D eigenvalue weighted by atomic mass is 10.1. The van der Waals surface area contributed by atoms with Gasteiger partial charge in [-0.1, -0.05) is 5.16 Å². The van der Waals surface area contributed by atoms with Crippen LogP contribution < -0.4 is 5.73 Å². The topological polar surface area (TPSA) is 78.3 Å². The molecule has 1 aromatic carbocycles. The maximum Gasteiger partial charge on any atom is 0.361 e. The number of anilines is 1. The minimum Gasteiger partial charge on any atom is -0.455 e. The zero-order valence-corrected chi connectivity index (χ0v) is 9.98. The minimum absolute atomic E-state index is 0.155. The van der Waals surface area contributed by atoms with Crippen LogP contribution in [-0.4, -0.2) is 16.7 Å². The molecular formula is C12H14N2O3. The highest BCUT2D eigenvalue weighted by Crippen LogP contribution is 2.23. The minimum atomic E-state index is -0.567. The van der Waals surface area contributed by atoms with Crippen LogP contribution in [0.4, 0.5) is 5.69 Å². The lowest BCUT2D eigenvalue weighted by molar-refractivity contribution is 0.00610. The van der Waals surface area contributed by atoms with Crippen molar-refractivity contribution in [3.05, 3.63) is 23.9 Å². The van der Waals surface area contributed by atoms with E-state index in [0.717, 1.165) is 0 Å². The molecule has 0 bridgehead atoms. The van der Waals surface area contributed by atoms with Gasteiger partial charge in [0, 0.05) is 5.69 Å². The first-order chi connectivity index (χ1) is 7.87. The maximum atomic E-state index is 11.9. The number of ether oxygens (including phenoxy) is 1. The fourth-order valence-electron chi connectivity index (χ4n) is 1.43. The first-order valence-corrected chi connectivity index (χ1v) is 5.25. The second kappa shape index (κ2) is 3.76. The van der Waals surface area contributed by atoms with E-state index in [2.05, 4.69) is 5.16 Å². The summed E-state index contributed by atoms with van der Waals surface area (Å²) in [6.07, 6.45) is 0. The van der Waals surface area contributed by atoms with Gasteiger partial charge in [-0.3, -0.25) is 0 Å². The molecule has 17 heavy (non-hydrogen) atoms. The number of rotatable bonds is 1. The molecule has 0 aliphatic carbocycles. The van der Waals surface area contributed by atoms with Crippen molar-refractivity contribution < 1.29 is 14.1 Å². The lowest BCUT2D eigenvalue weighted by Gasteiger charge is -2.18. The molecule has 5 heteroatoms. The molecule has 0 amide bonds. The van der Waals surface area contributed by atoms with E-state index in [1.165, 1.54) is 0 Å². The molecule has 0 fully saturated rings. The number of carbonyl (C=O) groups excluding carboxylic acids is 1. The van der Waals surface area contributed by atoms with E-state index in [0.29, 0.717) is 16.7 Å². The maximum absolute atomic E-state index is 11.9. The van der Waals surface area contributed by atoms with E-state index in [9.17, 15) is 4.79 Å². The molecule has 0 spiro atoms. The molecule has 0 saturated heterocycles. The second-order valence-corrected chi connectivity index (χ2v) is 4.79. The van der Waals surface area contributed by atoms with Gasteiger partial charge < -0.3 is 15.0 Å². The van der Waals surface area contributed by atoms with Crippen LogP contribution in [-0.2, 0) is 4.74 Å². The Morgan fingerprint density at radius 1 is 1.41 bits per heavy atom. The van der Waals surface area contributed by atoms with Crippen LogP contribution in [0.2, 0.25) is 0 Å². The Morgan fingerprint density at radius 3 is 2.76 bits per heavy atom. The number of carbonyl (C=O) groups is 1. The molecule has 0 unspecified atom stereocenters. The average Bonchev–Trinajstić information content (AvgIpc) is 2.57. The van der Waals surface area contributed by atoms with Gasteiger partial charge in [-0.15, -0.1) is 0 Å². The number of benzene rings is 1. The van der Waals surface area contributed by atoms with E-state index < -0.39 is 11.6 Å². The Hall–Kier alpha value is -2.04. The van der Waals surface area contributed by atoms with Gasteiger partial charge in [-0.25, -0.2) is 4.79 Å². The van der Waals surface area contributed by atoms with Gasteiger partial charge in [0.2, 0.25) is 0 Å². The standard InChI is InChI=1S/C12H14N2O3/c1-12(2,3)16-11(15)10-8-6-7(13)4-5-9(8)17-14-10/h4-6H,13H2,1-3H3. The Morgan fingerprint density at radius 2 is 2.12 bits per heavy atom. The summed E-state index contributed by atoms with van der Waals surface area (Å²) in [5.41, 5.74) is 6.31. The number of nitrogens with two attached hydrogens (primary N) is 1. The molecule has 1 heterocycles. The van der Waals surface area contributed by atoms with Crippen LogP contribution >= 0.6 is 0 Å². The summed E-state index contributed by atoms with van der Waals surface area (Å²) in [6, 6.07) is 5.00. The summed E-state index contributed by atoms with van der Waals surface area (Å²) < 4.78 is 10.3. The van der Waals surface area contributed by atoms with Crippen molar-refractivity contribution in [1.82, 2.24) is 5.16 Å². The zero-order valence-electron chi connectivity index (χ0n) is 9.98. The molecular weight excluding hydrogens is 220 g/mol. The molecule has 0 aliphatic heterocycles. The highest BCUT2D eigenvalue weighted by Gasteiger charge is 2.23. The van der Waals surface area contributed by atoms with Gasteiger partial charge in [-0.2, -0.15) is 0 Å². The van der Waals surface area contributed by atoms with E-state index in [4.69, 9.17) is 15.0 Å². The van der Waals surface area contributed by atoms with Gasteiger partial charge in [0.05, 0.1) is 5.39 Å². The first-order valence-electron chi connectivity index (χ1n) is 5.25. The third-order valence-electron chi connectivity index (χ3n) is 2.09. The smallest absolute Gasteiger partial charge is 0.361 e. The number of aromatic nitrogens is 1. The van der Waals surface area contributed by atoms with Crippen LogP contribution in [0.15, 0.2) is 22.7 Å². The van der Waals surface area contributed by atoms with E-state index in [1.807, 2.05) is 0 Å². The van der Waals surface area contributed by atoms with Crippen LogP contribution in [0.25, 0.3) is 11.0 Å². The third-order valence-corrected chi connectivity index (χ3v) is 2.09. The molecule has 0 aliphatic rings. The Balaban J connectivity index is 2.42. The molecule has 2 rings (SSSR count). The number of nitrogen functional groups attached to an aromatic ring is 1. The van der Waals surface area contributed by atoms with Crippen LogP contribution in [0.3, 0.4) is 0 Å². The number of esters is 1. The van der Waals surface area contributed by atoms with Gasteiger partial charge in [-0.05, 0) is 39.0 Å². The van der Waals surface area contributed by atoms with Crippen LogP contribution in [0.1, 0.15) is 31.3 Å². The molecule has 5 nitrogen and oxygen atoms in total. The number of nitrogens with zero attached hydrogens (tertiary/aromatic N) is 1. The first kappa shape index (κ1) is 11.4. The summed E-state index contributed by atoms with van der Waals surface area (Å²) in [4.78, 5) is 11.9. The summed E-state index contributed by atoms with van der Waals surface area (Å²) in [5, 5.41) is 4.28. The van der Waals surface area contributed by atoms with E-state index >= 15 is 0 Å². The van der Waals surface area contributed by atoms with Crippen molar-refractivity contribution in [2.45, 2.75) is 26.4 Å². The summed E-state index contributed by atoms with van der Waals surface area (Å²) in [6.45, 7) is 5.38. The number of hydrogen-bond acceptors (Lipinski definition) is 5. The predicted octanol–water partition coefficient (Wildman–Crippen LogP) is 2.37. The van der Waals surface area contributed by atoms with Gasteiger partial charge >= 0.3 is 5.97 Å². The summed E-state index contributed by atoms with van der Waals surface area (Å²) >= 11 is 0. The van der Waals surface area contributed by atoms with Crippen molar-refractivity contribution in [3.8, 4) is 0 Å². The molecule has 2 N–H and O–H groups in total. The van der Waals surface area contributed by atoms with Gasteiger partial charge in [0.1, 0.15) is 5.60 Å². The summed E-state index contributed by atoms with van der Waals surface area (Å²) in [7, 11) is 0. The van der Waals surface area contributed by atoms with Crippen molar-refractivity contribution >= 4 is 22.6 Å². The molecule has 0 saturated carbocycles. The quantitative estimate of drug-likeness (QED) is 0.605. The molecule has 2 aromatic rings. The van der Waals surface area contributed by atoms with Crippen LogP contribution in [0, 0.1) is 0 Å². The third kappa shape index (κ3) is 2.38. The SMILES string of the molecule is CC(C)(C)OC(=O)c1noc2ccc(N)cc12. The van der Waals surface area contributed by atoms with Crippen molar-refractivity contribution in [2.75, 3.05) is 5.73 Å². The predicted molar refractivity (Wildman–Crippen MR) is 63.6 cm³/mol. The Labute approximate surface area is 98.5 Å².